The standard InChI is InChI=1S/C66H104O32/c1-25(2)11-10-16-65(8)54-29(71)19-64(7)28-12-13-35-62(4,5)36(15-17-63(35,6)27(28)14-18-66(54,64)61(84)98-65)93-60-53(41(76)34(24-86-60)92-57-47(82)51(39(74)32(22-69)89-57)96-58-46(81)50(85-9)38(73)31(21-68)90-58)97-55-45(80)43(78)49(26(3)87-55)94-59-48(83)52(40(75)33(23-70)91-59)95-56-44(79)42(77)37(72)30(20-67)88-56/h14,26,28,30-60,67-70,72-83H,1,10-13,15-24H2,2-9H3. The Morgan fingerprint density at radius 1 is 0.561 bits per heavy atom. The Morgan fingerprint density at radius 3 is 1.62 bits per heavy atom. The Kier molecular flexibility index (Phi) is 23.0. The summed E-state index contributed by atoms with van der Waals surface area (Å²) < 4.78 is 84.4. The number of hydrogen-bond acceptors (Lipinski definition) is 32. The zero-order valence-corrected chi connectivity index (χ0v) is 56.4. The molecular formula is C66H104O32. The summed E-state index contributed by atoms with van der Waals surface area (Å²) in [6.07, 6.45) is -44.4. The van der Waals surface area contributed by atoms with E-state index in [0.717, 1.165) is 18.4 Å². The number of hydrogen-bond donors (Lipinski definition) is 16. The average molecular weight is 1410 g/mol. The number of methoxy groups -OCH3 is 1. The van der Waals surface area contributed by atoms with Crippen LogP contribution in [0.15, 0.2) is 23.8 Å². The number of rotatable bonds is 21. The van der Waals surface area contributed by atoms with Gasteiger partial charge in [-0.2, -0.15) is 0 Å². The van der Waals surface area contributed by atoms with Crippen LogP contribution in [-0.4, -0.2) is 323 Å². The number of carbonyl (C=O) groups excluding carboxylic acids is 2. The largest absolute Gasteiger partial charge is 0.458 e. The predicted molar refractivity (Wildman–Crippen MR) is 326 cm³/mol. The fourth-order valence-electron chi connectivity index (χ4n) is 18.8. The van der Waals surface area contributed by atoms with Gasteiger partial charge in [-0.25, -0.2) is 0 Å². The second kappa shape index (κ2) is 29.4. The number of fused-ring (bicyclic) bond motifs is 4. The Balaban J connectivity index is 0.837. The van der Waals surface area contributed by atoms with Crippen molar-refractivity contribution in [2.75, 3.05) is 40.1 Å². The molecule has 16 N–H and O–H groups in total. The van der Waals surface area contributed by atoms with Crippen molar-refractivity contribution in [3.05, 3.63) is 23.8 Å². The van der Waals surface area contributed by atoms with Crippen LogP contribution in [0.3, 0.4) is 0 Å². The van der Waals surface area contributed by atoms with Crippen molar-refractivity contribution < 1.29 is 158 Å². The first kappa shape index (κ1) is 76.6. The molecule has 0 radical (unpaired) electrons. The number of Topliss-reactive ketones (excluding diaryl/α,β-unsaturated/α-hetero) is 1. The van der Waals surface area contributed by atoms with Crippen molar-refractivity contribution >= 4 is 11.8 Å². The van der Waals surface area contributed by atoms with Crippen molar-refractivity contribution in [1.82, 2.24) is 0 Å². The maximum atomic E-state index is 14.6. The summed E-state index contributed by atoms with van der Waals surface area (Å²) in [4.78, 5) is 29.1. The smallest absolute Gasteiger partial charge is 0.314 e. The fraction of sp³-hybridized carbons (Fsp3) is 0.909. The minimum absolute atomic E-state index is 0.0456. The Morgan fingerprint density at radius 2 is 1.06 bits per heavy atom. The van der Waals surface area contributed by atoms with Gasteiger partial charge >= 0.3 is 5.97 Å². The van der Waals surface area contributed by atoms with Crippen LogP contribution in [0.25, 0.3) is 0 Å². The monoisotopic (exact) mass is 1410 g/mol. The molecule has 0 aromatic carbocycles. The summed E-state index contributed by atoms with van der Waals surface area (Å²) in [6, 6.07) is 0. The molecule has 7 saturated heterocycles. The first-order valence-corrected chi connectivity index (χ1v) is 34.3. The van der Waals surface area contributed by atoms with Gasteiger partial charge in [0.1, 0.15) is 146 Å². The zero-order chi connectivity index (χ0) is 71.4. The number of esters is 1. The second-order valence-corrected chi connectivity index (χ2v) is 30.4. The van der Waals surface area contributed by atoms with Crippen LogP contribution < -0.4 is 0 Å². The van der Waals surface area contributed by atoms with E-state index < -0.39 is 250 Å². The summed E-state index contributed by atoms with van der Waals surface area (Å²) in [5.41, 5.74) is -1.66. The minimum Gasteiger partial charge on any atom is -0.458 e. The van der Waals surface area contributed by atoms with E-state index in [1.807, 2.05) is 13.8 Å². The first-order chi connectivity index (χ1) is 46.2. The molecule has 0 aromatic heterocycles. The first-order valence-electron chi connectivity index (χ1n) is 34.3. The van der Waals surface area contributed by atoms with Crippen molar-refractivity contribution in [2.45, 2.75) is 296 Å². The van der Waals surface area contributed by atoms with Crippen molar-refractivity contribution in [3.8, 4) is 0 Å². The van der Waals surface area contributed by atoms with E-state index >= 15 is 0 Å². The van der Waals surface area contributed by atoms with E-state index in [0.29, 0.717) is 38.5 Å². The molecule has 10 fully saturated rings. The molecule has 0 amide bonds. The van der Waals surface area contributed by atoms with Gasteiger partial charge in [0.15, 0.2) is 37.7 Å². The van der Waals surface area contributed by atoms with Gasteiger partial charge in [-0.05, 0) is 100 Å². The Bertz CT molecular complexity index is 2820. The maximum Gasteiger partial charge on any atom is 0.314 e. The van der Waals surface area contributed by atoms with Gasteiger partial charge < -0.3 is 148 Å². The van der Waals surface area contributed by atoms with Crippen LogP contribution in [0.4, 0.5) is 0 Å². The zero-order valence-electron chi connectivity index (χ0n) is 56.4. The third-order valence-corrected chi connectivity index (χ3v) is 24.1. The van der Waals surface area contributed by atoms with Gasteiger partial charge in [0, 0.05) is 13.5 Å². The molecule has 11 rings (SSSR count). The molecule has 0 bridgehead atoms. The second-order valence-electron chi connectivity index (χ2n) is 30.4. The molecule has 0 aromatic rings. The molecular weight excluding hydrogens is 1300 g/mol. The molecule has 32 nitrogen and oxygen atoms in total. The summed E-state index contributed by atoms with van der Waals surface area (Å²) in [5.74, 6) is -1.06. The van der Waals surface area contributed by atoms with Gasteiger partial charge in [0.25, 0.3) is 0 Å². The quantitative estimate of drug-likeness (QED) is 0.0292. The molecule has 7 aliphatic heterocycles. The van der Waals surface area contributed by atoms with Crippen LogP contribution >= 0.6 is 0 Å². The van der Waals surface area contributed by atoms with Crippen LogP contribution in [0.5, 0.6) is 0 Å². The van der Waals surface area contributed by atoms with Gasteiger partial charge in [-0.1, -0.05) is 44.9 Å². The average Bonchev–Trinajstić information content (AvgIpc) is 1.46. The van der Waals surface area contributed by atoms with Gasteiger partial charge in [0.2, 0.25) is 0 Å². The van der Waals surface area contributed by atoms with E-state index in [1.165, 1.54) is 19.6 Å². The molecule has 3 saturated carbocycles. The van der Waals surface area contributed by atoms with E-state index in [1.54, 1.807) is 0 Å². The Labute approximate surface area is 567 Å². The van der Waals surface area contributed by atoms with Crippen LogP contribution in [0, 0.1) is 39.4 Å². The number of cyclic esters (lactones) is 1. The minimum atomic E-state index is -2.10. The number of aliphatic hydroxyl groups is 16. The van der Waals surface area contributed by atoms with Crippen LogP contribution in [0.1, 0.15) is 106 Å². The lowest BCUT2D eigenvalue weighted by Gasteiger charge is -2.63. The number of aliphatic hydroxyl groups excluding tert-OH is 16. The SMILES string of the molecule is C=C(C)CCCC1(C)OC(=O)C23CC=C4C(CCC5C4(C)CCC(OC4OCC(OC6OC(CO)C(O)C(OC7OC(CO)C(O)C(OC)C7O)C6O)C(O)C4OC4OC(C)C(OC6OC(CO)C(O)C(OC7OC(CO)C(O)C(O)C7O)C6O)C(O)C4O)C5(C)C)C2(C)CC(=O)C13. The highest BCUT2D eigenvalue weighted by molar-refractivity contribution is 5.99. The van der Waals surface area contributed by atoms with E-state index in [-0.39, 0.29) is 30.0 Å². The lowest BCUT2D eigenvalue weighted by atomic mass is 9.41. The molecule has 7 heterocycles. The summed E-state index contributed by atoms with van der Waals surface area (Å²) in [5, 5.41) is 177. The molecule has 37 atom stereocenters. The maximum absolute atomic E-state index is 14.6. The highest BCUT2D eigenvalue weighted by Gasteiger charge is 2.79. The molecule has 1 spiro atoms. The molecule has 560 valence electrons. The van der Waals surface area contributed by atoms with Gasteiger partial charge in [-0.3, -0.25) is 9.59 Å². The normalized spacial score (nSPS) is 52.5. The number of carbonyl (C=O) groups is 2. The van der Waals surface area contributed by atoms with Crippen LogP contribution in [0.2, 0.25) is 0 Å². The third-order valence-electron chi connectivity index (χ3n) is 24.1. The highest BCUT2D eigenvalue weighted by Crippen LogP contribution is 2.75. The molecule has 11 aliphatic rings. The van der Waals surface area contributed by atoms with Crippen molar-refractivity contribution in [2.24, 2.45) is 39.4 Å². The van der Waals surface area contributed by atoms with E-state index in [4.69, 9.17) is 66.3 Å². The third kappa shape index (κ3) is 13.0. The topological polar surface area (TPSA) is 487 Å². The van der Waals surface area contributed by atoms with Crippen molar-refractivity contribution in [1.29, 1.82) is 0 Å². The fourth-order valence-corrected chi connectivity index (χ4v) is 18.8. The van der Waals surface area contributed by atoms with Gasteiger partial charge in [0.05, 0.1) is 56.6 Å². The summed E-state index contributed by atoms with van der Waals surface area (Å²) in [6.45, 7) is 13.9. The summed E-state index contributed by atoms with van der Waals surface area (Å²) in [7, 11) is 1.18. The lowest BCUT2D eigenvalue weighted by Crippen LogP contribution is -2.67. The highest BCUT2D eigenvalue weighted by atomic mass is 16.8. The van der Waals surface area contributed by atoms with E-state index in [2.05, 4.69) is 40.3 Å². The van der Waals surface area contributed by atoms with Gasteiger partial charge in [-0.15, -0.1) is 6.58 Å². The van der Waals surface area contributed by atoms with E-state index in [9.17, 15) is 91.3 Å². The number of ketones is 1. The lowest BCUT2D eigenvalue weighted by molar-refractivity contribution is -0.397. The summed E-state index contributed by atoms with van der Waals surface area (Å²) >= 11 is 0. The number of allylic oxidation sites excluding steroid dienone is 3. The van der Waals surface area contributed by atoms with Crippen LogP contribution in [-0.2, 0) is 75.9 Å². The predicted octanol–water partition coefficient (Wildman–Crippen LogP) is -4.56. The molecule has 37 unspecified atom stereocenters. The number of ether oxygens (including phenoxy) is 14. The molecule has 98 heavy (non-hydrogen) atoms. The van der Waals surface area contributed by atoms with Crippen molar-refractivity contribution in [3.63, 3.8) is 0 Å². The molecule has 4 aliphatic carbocycles. The molecule has 32 heteroatoms. The Hall–Kier alpha value is -2.54.